The lowest BCUT2D eigenvalue weighted by Crippen LogP contribution is -2.28. The van der Waals surface area contributed by atoms with E-state index in [9.17, 15) is 13.2 Å². The molecule has 0 aliphatic carbocycles. The average molecular weight is 367 g/mol. The molecule has 0 fully saturated rings. The zero-order chi connectivity index (χ0) is 17.7. The third-order valence-electron chi connectivity index (χ3n) is 3.68. The quantitative estimate of drug-likeness (QED) is 0.824. The second kappa shape index (κ2) is 7.79. The van der Waals surface area contributed by atoms with Gasteiger partial charge in [0.25, 0.3) is 5.91 Å². The fourth-order valence-electron chi connectivity index (χ4n) is 2.26. The largest absolute Gasteiger partial charge is 0.345 e. The van der Waals surface area contributed by atoms with Gasteiger partial charge in [-0.25, -0.2) is 13.1 Å². The first-order chi connectivity index (χ1) is 11.4. The Morgan fingerprint density at radius 2 is 1.67 bits per heavy atom. The molecule has 0 spiro atoms. The van der Waals surface area contributed by atoms with Gasteiger partial charge in [-0.2, -0.15) is 0 Å². The van der Waals surface area contributed by atoms with Crippen molar-refractivity contribution < 1.29 is 13.2 Å². The molecule has 128 valence electrons. The van der Waals surface area contributed by atoms with E-state index in [1.807, 2.05) is 19.1 Å². The number of halogens is 1. The van der Waals surface area contributed by atoms with E-state index in [4.69, 9.17) is 11.6 Å². The van der Waals surface area contributed by atoms with Crippen molar-refractivity contribution in [2.75, 3.05) is 7.05 Å². The average Bonchev–Trinajstić information content (AvgIpc) is 2.60. The van der Waals surface area contributed by atoms with Crippen molar-refractivity contribution in [3.63, 3.8) is 0 Å². The zero-order valence-electron chi connectivity index (χ0n) is 13.4. The lowest BCUT2D eigenvalue weighted by molar-refractivity contribution is 0.0935. The van der Waals surface area contributed by atoms with E-state index in [0.29, 0.717) is 10.6 Å². The predicted molar refractivity (Wildman–Crippen MR) is 94.6 cm³/mol. The van der Waals surface area contributed by atoms with Crippen LogP contribution in [0.15, 0.2) is 53.4 Å². The highest BCUT2D eigenvalue weighted by atomic mass is 35.5. The van der Waals surface area contributed by atoms with Gasteiger partial charge in [-0.05, 0) is 55.4 Å². The molecular weight excluding hydrogens is 348 g/mol. The Morgan fingerprint density at radius 3 is 2.17 bits per heavy atom. The Balaban J connectivity index is 2.15. The van der Waals surface area contributed by atoms with Crippen LogP contribution in [0, 0.1) is 0 Å². The summed E-state index contributed by atoms with van der Waals surface area (Å²) in [5, 5.41) is 3.58. The van der Waals surface area contributed by atoms with Gasteiger partial charge in [0.2, 0.25) is 10.0 Å². The molecule has 0 unspecified atom stereocenters. The van der Waals surface area contributed by atoms with Gasteiger partial charge in [0.05, 0.1) is 10.9 Å². The van der Waals surface area contributed by atoms with Crippen LogP contribution in [0.1, 0.15) is 35.3 Å². The van der Waals surface area contributed by atoms with E-state index in [1.54, 1.807) is 12.1 Å². The van der Waals surface area contributed by atoms with Gasteiger partial charge in [-0.1, -0.05) is 30.7 Å². The fourth-order valence-corrected chi connectivity index (χ4v) is 3.12. The SMILES string of the molecule is CC[C@@H](NC(=O)c1ccc(S(=O)(=O)NC)cc1)c1ccc(Cl)cc1. The Hall–Kier alpha value is -1.89. The molecule has 2 rings (SSSR count). The van der Waals surface area contributed by atoms with E-state index in [-0.39, 0.29) is 16.8 Å². The third kappa shape index (κ3) is 4.35. The summed E-state index contributed by atoms with van der Waals surface area (Å²) >= 11 is 5.88. The summed E-state index contributed by atoms with van der Waals surface area (Å²) < 4.78 is 25.6. The highest BCUT2D eigenvalue weighted by Gasteiger charge is 2.16. The van der Waals surface area contributed by atoms with Crippen molar-refractivity contribution >= 4 is 27.5 Å². The van der Waals surface area contributed by atoms with Gasteiger partial charge in [0.15, 0.2) is 0 Å². The molecule has 0 heterocycles. The summed E-state index contributed by atoms with van der Waals surface area (Å²) in [4.78, 5) is 12.5. The second-order valence-electron chi connectivity index (χ2n) is 5.22. The number of hydrogen-bond acceptors (Lipinski definition) is 3. The maximum Gasteiger partial charge on any atom is 0.251 e. The molecule has 2 aromatic rings. The van der Waals surface area contributed by atoms with Crippen LogP contribution >= 0.6 is 11.6 Å². The van der Waals surface area contributed by atoms with Crippen LogP contribution in [0.3, 0.4) is 0 Å². The number of hydrogen-bond donors (Lipinski definition) is 2. The summed E-state index contributed by atoms with van der Waals surface area (Å²) in [5.74, 6) is -0.259. The van der Waals surface area contributed by atoms with Gasteiger partial charge >= 0.3 is 0 Å². The van der Waals surface area contributed by atoms with Crippen LogP contribution in [0.25, 0.3) is 0 Å². The van der Waals surface area contributed by atoms with Crippen LogP contribution in [0.4, 0.5) is 0 Å². The van der Waals surface area contributed by atoms with Gasteiger partial charge in [-0.15, -0.1) is 0 Å². The van der Waals surface area contributed by atoms with Crippen LogP contribution in [-0.2, 0) is 10.0 Å². The first-order valence-electron chi connectivity index (χ1n) is 7.47. The minimum Gasteiger partial charge on any atom is -0.345 e. The van der Waals surface area contributed by atoms with Gasteiger partial charge in [0.1, 0.15) is 0 Å². The lowest BCUT2D eigenvalue weighted by Gasteiger charge is -2.17. The Labute approximate surface area is 147 Å². The molecule has 0 bridgehead atoms. The van der Waals surface area contributed by atoms with E-state index < -0.39 is 10.0 Å². The molecule has 0 radical (unpaired) electrons. The van der Waals surface area contributed by atoms with Gasteiger partial charge < -0.3 is 5.32 Å². The molecule has 24 heavy (non-hydrogen) atoms. The van der Waals surface area contributed by atoms with Crippen LogP contribution in [0.2, 0.25) is 5.02 Å². The minimum atomic E-state index is -3.51. The van der Waals surface area contributed by atoms with Crippen molar-refractivity contribution in [3.05, 3.63) is 64.7 Å². The monoisotopic (exact) mass is 366 g/mol. The molecule has 1 atom stereocenters. The zero-order valence-corrected chi connectivity index (χ0v) is 15.0. The fraction of sp³-hybridized carbons (Fsp3) is 0.235. The molecule has 0 aromatic heterocycles. The molecule has 0 aliphatic heterocycles. The van der Waals surface area contributed by atoms with Crippen molar-refractivity contribution in [1.82, 2.24) is 10.0 Å². The molecule has 2 aromatic carbocycles. The van der Waals surface area contributed by atoms with Crippen molar-refractivity contribution in [2.45, 2.75) is 24.3 Å². The van der Waals surface area contributed by atoms with E-state index in [0.717, 1.165) is 12.0 Å². The molecular formula is C17H19ClN2O3S. The number of carbonyl (C=O) groups excluding carboxylic acids is 1. The third-order valence-corrected chi connectivity index (χ3v) is 5.36. The Bertz CT molecular complexity index is 803. The molecule has 0 saturated heterocycles. The van der Waals surface area contributed by atoms with E-state index in [2.05, 4.69) is 10.0 Å². The van der Waals surface area contributed by atoms with Crippen LogP contribution in [-0.4, -0.2) is 21.4 Å². The Kier molecular flexibility index (Phi) is 5.99. The molecule has 5 nitrogen and oxygen atoms in total. The standard InChI is InChI=1S/C17H19ClN2O3S/c1-3-16(12-4-8-14(18)9-5-12)20-17(21)13-6-10-15(11-7-13)24(22,23)19-2/h4-11,16,19H,3H2,1-2H3,(H,20,21)/t16-/m1/s1. The number of benzene rings is 2. The Morgan fingerprint density at radius 1 is 1.08 bits per heavy atom. The number of carbonyl (C=O) groups is 1. The summed E-state index contributed by atoms with van der Waals surface area (Å²) in [6.07, 6.45) is 0.722. The molecule has 0 aliphatic rings. The van der Waals surface area contributed by atoms with E-state index in [1.165, 1.54) is 31.3 Å². The maximum absolute atomic E-state index is 12.4. The summed E-state index contributed by atoms with van der Waals surface area (Å²) in [7, 11) is -2.17. The topological polar surface area (TPSA) is 75.3 Å². The van der Waals surface area contributed by atoms with Crippen LogP contribution < -0.4 is 10.0 Å². The molecule has 7 heteroatoms. The van der Waals surface area contributed by atoms with Gasteiger partial charge in [0, 0.05) is 10.6 Å². The molecule has 2 N–H and O–H groups in total. The summed E-state index contributed by atoms with van der Waals surface area (Å²) in [6, 6.07) is 13.0. The van der Waals surface area contributed by atoms with Gasteiger partial charge in [-0.3, -0.25) is 4.79 Å². The predicted octanol–water partition coefficient (Wildman–Crippen LogP) is 3.13. The summed E-state index contributed by atoms with van der Waals surface area (Å²) in [5.41, 5.74) is 1.36. The van der Waals surface area contributed by atoms with Crippen molar-refractivity contribution in [1.29, 1.82) is 0 Å². The number of sulfonamides is 1. The smallest absolute Gasteiger partial charge is 0.251 e. The van der Waals surface area contributed by atoms with Crippen molar-refractivity contribution in [2.24, 2.45) is 0 Å². The highest BCUT2D eigenvalue weighted by Crippen LogP contribution is 2.20. The highest BCUT2D eigenvalue weighted by molar-refractivity contribution is 7.89. The van der Waals surface area contributed by atoms with Crippen LogP contribution in [0.5, 0.6) is 0 Å². The van der Waals surface area contributed by atoms with E-state index >= 15 is 0 Å². The second-order valence-corrected chi connectivity index (χ2v) is 7.54. The molecule has 0 saturated carbocycles. The first kappa shape index (κ1) is 18.4. The normalized spacial score (nSPS) is 12.6. The number of nitrogens with one attached hydrogen (secondary N) is 2. The number of rotatable bonds is 6. The first-order valence-corrected chi connectivity index (χ1v) is 9.33. The minimum absolute atomic E-state index is 0.117. The van der Waals surface area contributed by atoms with Crippen molar-refractivity contribution in [3.8, 4) is 0 Å². The maximum atomic E-state index is 12.4. The number of amides is 1. The molecule has 1 amide bonds. The lowest BCUT2D eigenvalue weighted by atomic mass is 10.0. The summed E-state index contributed by atoms with van der Waals surface area (Å²) in [6.45, 7) is 1.97.